The molecule has 0 aliphatic rings. The van der Waals surface area contributed by atoms with Crippen LogP contribution < -0.4 is 16.2 Å². The van der Waals surface area contributed by atoms with E-state index in [1.54, 1.807) is 25.5 Å². The van der Waals surface area contributed by atoms with E-state index < -0.39 is 0 Å². The number of amides is 1. The van der Waals surface area contributed by atoms with Crippen LogP contribution in [0.5, 0.6) is 0 Å². The first-order chi connectivity index (χ1) is 15.1. The number of aryl methyl sites for hydroxylation is 1. The number of carbonyl (C=O) groups is 1. The van der Waals surface area contributed by atoms with Crippen molar-refractivity contribution in [2.75, 3.05) is 11.9 Å². The third-order valence-corrected chi connectivity index (χ3v) is 4.95. The van der Waals surface area contributed by atoms with Crippen molar-refractivity contribution < 1.29 is 4.79 Å². The lowest BCUT2D eigenvalue weighted by Crippen LogP contribution is -2.34. The second-order valence-electron chi connectivity index (χ2n) is 7.21. The molecule has 158 valence electrons. The molecular weight excluding hydrogens is 394 g/mol. The van der Waals surface area contributed by atoms with Crippen LogP contribution in [0, 0.1) is 6.92 Å². The van der Waals surface area contributed by atoms with Crippen LogP contribution in [0.25, 0.3) is 10.9 Å². The molecule has 0 unspecified atom stereocenters. The highest BCUT2D eigenvalue weighted by molar-refractivity contribution is 5.78. The summed E-state index contributed by atoms with van der Waals surface area (Å²) in [5, 5.41) is 13.6. The number of aromatic nitrogens is 5. The first-order valence-electron chi connectivity index (χ1n) is 9.99. The highest BCUT2D eigenvalue weighted by Gasteiger charge is 2.12. The van der Waals surface area contributed by atoms with Crippen molar-refractivity contribution >= 4 is 22.6 Å². The molecule has 0 aliphatic heterocycles. The fraction of sp³-hybridized carbons (Fsp3) is 0.227. The first-order valence-corrected chi connectivity index (χ1v) is 9.99. The maximum Gasteiger partial charge on any atom is 0.293 e. The second kappa shape index (κ2) is 9.21. The number of anilines is 1. The summed E-state index contributed by atoms with van der Waals surface area (Å²) in [4.78, 5) is 33.7. The van der Waals surface area contributed by atoms with Gasteiger partial charge in [-0.1, -0.05) is 30.3 Å². The number of H-pyrrole nitrogens is 1. The summed E-state index contributed by atoms with van der Waals surface area (Å²) in [6.45, 7) is 2.50. The van der Waals surface area contributed by atoms with Crippen molar-refractivity contribution in [3.63, 3.8) is 0 Å². The monoisotopic (exact) mass is 417 g/mol. The Labute approximate surface area is 178 Å². The number of nitrogens with zero attached hydrogens (tertiary/aromatic N) is 4. The third-order valence-electron chi connectivity index (χ3n) is 4.95. The van der Waals surface area contributed by atoms with Gasteiger partial charge < -0.3 is 10.6 Å². The van der Waals surface area contributed by atoms with Crippen LogP contribution in [-0.4, -0.2) is 37.2 Å². The van der Waals surface area contributed by atoms with E-state index in [0.717, 1.165) is 17.3 Å². The van der Waals surface area contributed by atoms with E-state index in [1.165, 1.54) is 10.1 Å². The molecule has 0 saturated heterocycles. The SMILES string of the molecule is Cc1cnc(NCCc2ccccc2)c(=O)n1CC(=O)NCc1cc2cn[nH]c2cn1. The van der Waals surface area contributed by atoms with Gasteiger partial charge in [0, 0.05) is 23.8 Å². The molecule has 0 radical (unpaired) electrons. The molecule has 1 aromatic carbocycles. The Hall–Kier alpha value is -4.01. The number of hydrogen-bond acceptors (Lipinski definition) is 6. The molecule has 0 saturated carbocycles. The lowest BCUT2D eigenvalue weighted by molar-refractivity contribution is -0.121. The summed E-state index contributed by atoms with van der Waals surface area (Å²) in [7, 11) is 0. The lowest BCUT2D eigenvalue weighted by atomic mass is 10.1. The zero-order chi connectivity index (χ0) is 21.6. The Morgan fingerprint density at radius 2 is 1.97 bits per heavy atom. The number of aromatic amines is 1. The van der Waals surface area contributed by atoms with Crippen LogP contribution in [0.4, 0.5) is 5.82 Å². The minimum atomic E-state index is -0.318. The van der Waals surface area contributed by atoms with Gasteiger partial charge in [-0.15, -0.1) is 0 Å². The molecular formula is C22H23N7O2. The van der Waals surface area contributed by atoms with Crippen LogP contribution in [-0.2, 0) is 24.3 Å². The Morgan fingerprint density at radius 1 is 1.13 bits per heavy atom. The Kier molecular flexibility index (Phi) is 6.02. The number of hydrogen-bond donors (Lipinski definition) is 3. The summed E-state index contributed by atoms with van der Waals surface area (Å²) in [6.07, 6.45) is 5.74. The first kappa shape index (κ1) is 20.3. The number of nitrogens with one attached hydrogen (secondary N) is 3. The van der Waals surface area contributed by atoms with E-state index in [0.29, 0.717) is 17.9 Å². The summed E-state index contributed by atoms with van der Waals surface area (Å²) < 4.78 is 1.42. The second-order valence-corrected chi connectivity index (χ2v) is 7.21. The minimum Gasteiger partial charge on any atom is -0.365 e. The van der Waals surface area contributed by atoms with Gasteiger partial charge >= 0.3 is 0 Å². The van der Waals surface area contributed by atoms with Crippen LogP contribution in [0.15, 0.2) is 59.8 Å². The molecule has 4 rings (SSSR count). The quantitative estimate of drug-likeness (QED) is 0.402. The van der Waals surface area contributed by atoms with E-state index in [2.05, 4.69) is 30.8 Å². The van der Waals surface area contributed by atoms with Crippen molar-refractivity contribution in [1.29, 1.82) is 0 Å². The predicted octanol–water partition coefficient (Wildman–Crippen LogP) is 1.79. The maximum atomic E-state index is 12.8. The Balaban J connectivity index is 1.37. The number of carbonyl (C=O) groups excluding carboxylic acids is 1. The van der Waals surface area contributed by atoms with E-state index in [4.69, 9.17) is 0 Å². The normalized spacial score (nSPS) is 10.9. The van der Waals surface area contributed by atoms with E-state index in [1.807, 2.05) is 36.4 Å². The molecule has 0 atom stereocenters. The van der Waals surface area contributed by atoms with Crippen LogP contribution in [0.1, 0.15) is 17.0 Å². The minimum absolute atomic E-state index is 0.0888. The summed E-state index contributed by atoms with van der Waals surface area (Å²) in [5.41, 5.74) is 3.02. The van der Waals surface area contributed by atoms with Gasteiger partial charge in [0.2, 0.25) is 5.91 Å². The van der Waals surface area contributed by atoms with E-state index in [-0.39, 0.29) is 30.4 Å². The molecule has 9 heteroatoms. The molecule has 0 bridgehead atoms. The van der Waals surface area contributed by atoms with Gasteiger partial charge in [-0.25, -0.2) is 4.98 Å². The molecule has 0 spiro atoms. The standard InChI is InChI=1S/C22H23N7O2/c1-15-10-26-21(23-8-7-16-5-3-2-4-6-16)22(31)29(15)14-20(30)25-12-18-9-17-11-27-28-19(17)13-24-18/h2-6,9-11,13H,7-8,12,14H2,1H3,(H,23,26)(H,25,30)(H,27,28). The van der Waals surface area contributed by atoms with Gasteiger partial charge in [0.05, 0.1) is 30.1 Å². The number of benzene rings is 1. The molecule has 3 heterocycles. The summed E-state index contributed by atoms with van der Waals surface area (Å²) in [6, 6.07) is 11.9. The van der Waals surface area contributed by atoms with Crippen molar-refractivity contribution in [2.24, 2.45) is 0 Å². The molecule has 9 nitrogen and oxygen atoms in total. The summed E-state index contributed by atoms with van der Waals surface area (Å²) >= 11 is 0. The van der Waals surface area contributed by atoms with E-state index >= 15 is 0 Å². The largest absolute Gasteiger partial charge is 0.365 e. The number of pyridine rings is 1. The van der Waals surface area contributed by atoms with Crippen LogP contribution >= 0.6 is 0 Å². The smallest absolute Gasteiger partial charge is 0.293 e. The topological polar surface area (TPSA) is 118 Å². The van der Waals surface area contributed by atoms with Crippen molar-refractivity contribution in [3.8, 4) is 0 Å². The van der Waals surface area contributed by atoms with Gasteiger partial charge in [-0.2, -0.15) is 5.10 Å². The predicted molar refractivity (Wildman–Crippen MR) is 118 cm³/mol. The van der Waals surface area contributed by atoms with Gasteiger partial charge in [0.1, 0.15) is 6.54 Å². The third kappa shape index (κ3) is 4.95. The molecule has 31 heavy (non-hydrogen) atoms. The van der Waals surface area contributed by atoms with Crippen molar-refractivity contribution in [2.45, 2.75) is 26.4 Å². The number of fused-ring (bicyclic) bond motifs is 1. The summed E-state index contributed by atoms with van der Waals surface area (Å²) in [5.74, 6) is -0.0397. The van der Waals surface area contributed by atoms with E-state index in [9.17, 15) is 9.59 Å². The van der Waals surface area contributed by atoms with Crippen molar-refractivity contribution in [3.05, 3.63) is 82.3 Å². The highest BCUT2D eigenvalue weighted by atomic mass is 16.2. The fourth-order valence-electron chi connectivity index (χ4n) is 3.23. The molecule has 3 aromatic heterocycles. The lowest BCUT2D eigenvalue weighted by Gasteiger charge is -2.12. The number of rotatable bonds is 8. The Morgan fingerprint density at radius 3 is 2.81 bits per heavy atom. The highest BCUT2D eigenvalue weighted by Crippen LogP contribution is 2.10. The molecule has 0 aliphatic carbocycles. The van der Waals surface area contributed by atoms with Gasteiger partial charge in [0.15, 0.2) is 5.82 Å². The van der Waals surface area contributed by atoms with Crippen LogP contribution in [0.2, 0.25) is 0 Å². The molecule has 1 amide bonds. The van der Waals surface area contributed by atoms with Crippen LogP contribution in [0.3, 0.4) is 0 Å². The fourth-order valence-corrected chi connectivity index (χ4v) is 3.23. The van der Waals surface area contributed by atoms with Gasteiger partial charge in [-0.05, 0) is 25.0 Å². The van der Waals surface area contributed by atoms with Crippen molar-refractivity contribution in [1.82, 2.24) is 30.0 Å². The maximum absolute atomic E-state index is 12.8. The molecule has 4 aromatic rings. The van der Waals surface area contributed by atoms with Gasteiger partial charge in [-0.3, -0.25) is 24.2 Å². The zero-order valence-electron chi connectivity index (χ0n) is 17.1. The average molecular weight is 417 g/mol. The average Bonchev–Trinajstić information content (AvgIpc) is 3.25. The van der Waals surface area contributed by atoms with Gasteiger partial charge in [0.25, 0.3) is 5.56 Å². The Bertz CT molecular complexity index is 1250. The zero-order valence-corrected chi connectivity index (χ0v) is 17.1. The molecule has 0 fully saturated rings. The molecule has 3 N–H and O–H groups in total.